The van der Waals surface area contributed by atoms with Gasteiger partial charge in [-0.2, -0.15) is 0 Å². The molecule has 0 unspecified atom stereocenters. The Bertz CT molecular complexity index is 155. The van der Waals surface area contributed by atoms with Gasteiger partial charge in [0.25, 0.3) is 0 Å². The van der Waals surface area contributed by atoms with Crippen LogP contribution in [0.2, 0.25) is 0 Å². The van der Waals surface area contributed by atoms with Gasteiger partial charge in [0.2, 0.25) is 0 Å². The number of hydrogen-bond acceptors (Lipinski definition) is 0. The van der Waals surface area contributed by atoms with E-state index < -0.39 is 5.67 Å². The molecule has 0 saturated heterocycles. The number of rotatable bonds is 13. The summed E-state index contributed by atoms with van der Waals surface area (Å²) in [5.74, 6) is 0. The van der Waals surface area contributed by atoms with Gasteiger partial charge in [0.15, 0.2) is 0 Å². The number of hydrogen-bond donors (Lipinski definition) is 0. The molecule has 0 aromatic rings. The third-order valence-corrected chi connectivity index (χ3v) is 3.71. The predicted octanol–water partition coefficient (Wildman–Crippen LogP) is 6.64. The molecule has 0 amide bonds. The van der Waals surface area contributed by atoms with E-state index in [0.717, 1.165) is 38.5 Å². The summed E-state index contributed by atoms with van der Waals surface area (Å²) in [5, 5.41) is 0. The van der Waals surface area contributed by atoms with E-state index in [4.69, 9.17) is 0 Å². The van der Waals surface area contributed by atoms with Gasteiger partial charge in [-0.3, -0.25) is 0 Å². The molecule has 0 rings (SSSR count). The molecule has 0 aromatic heterocycles. The Hall–Kier alpha value is -0.0700. The van der Waals surface area contributed by atoms with Crippen molar-refractivity contribution in [1.82, 2.24) is 0 Å². The molecular formula is C17H34F. The van der Waals surface area contributed by atoms with Crippen molar-refractivity contribution in [2.75, 3.05) is 0 Å². The van der Waals surface area contributed by atoms with E-state index >= 15 is 0 Å². The highest BCUT2D eigenvalue weighted by Crippen LogP contribution is 2.31. The summed E-state index contributed by atoms with van der Waals surface area (Å²) in [6, 6.07) is 0. The SMILES string of the molecule is CCCCC[CH]C(F)(CCCCC)CCCCC. The molecule has 0 spiro atoms. The van der Waals surface area contributed by atoms with Gasteiger partial charge in [-0.1, -0.05) is 78.6 Å². The van der Waals surface area contributed by atoms with Crippen LogP contribution >= 0.6 is 0 Å². The Morgan fingerprint density at radius 1 is 0.722 bits per heavy atom. The van der Waals surface area contributed by atoms with Gasteiger partial charge >= 0.3 is 0 Å². The fourth-order valence-corrected chi connectivity index (χ4v) is 2.42. The quantitative estimate of drug-likeness (QED) is 0.324. The zero-order chi connectivity index (χ0) is 13.7. The van der Waals surface area contributed by atoms with Gasteiger partial charge in [0, 0.05) is 0 Å². The van der Waals surface area contributed by atoms with Crippen LogP contribution in [0.3, 0.4) is 0 Å². The first-order valence-electron chi connectivity index (χ1n) is 8.21. The van der Waals surface area contributed by atoms with Crippen molar-refractivity contribution in [3.8, 4) is 0 Å². The molecule has 0 bridgehead atoms. The Morgan fingerprint density at radius 3 is 1.61 bits per heavy atom. The van der Waals surface area contributed by atoms with E-state index in [0.29, 0.717) is 0 Å². The van der Waals surface area contributed by atoms with Crippen LogP contribution in [0.1, 0.15) is 97.8 Å². The van der Waals surface area contributed by atoms with Gasteiger partial charge < -0.3 is 0 Å². The van der Waals surface area contributed by atoms with Crippen LogP contribution in [-0.4, -0.2) is 5.67 Å². The molecular weight excluding hydrogens is 223 g/mol. The van der Waals surface area contributed by atoms with Gasteiger partial charge in [-0.25, -0.2) is 4.39 Å². The molecule has 0 nitrogen and oxygen atoms in total. The number of halogens is 1. The van der Waals surface area contributed by atoms with Gasteiger partial charge in [-0.15, -0.1) is 0 Å². The Kier molecular flexibility index (Phi) is 11.9. The number of alkyl halides is 1. The van der Waals surface area contributed by atoms with E-state index in [-0.39, 0.29) is 0 Å². The lowest BCUT2D eigenvalue weighted by atomic mass is 9.87. The minimum atomic E-state index is -0.974. The van der Waals surface area contributed by atoms with Crippen LogP contribution < -0.4 is 0 Å². The zero-order valence-corrected chi connectivity index (χ0v) is 12.9. The monoisotopic (exact) mass is 257 g/mol. The molecule has 0 saturated carbocycles. The lowest BCUT2D eigenvalue weighted by Crippen LogP contribution is -2.23. The Morgan fingerprint density at radius 2 is 1.17 bits per heavy atom. The smallest absolute Gasteiger partial charge is 0.114 e. The van der Waals surface area contributed by atoms with Gasteiger partial charge in [0.05, 0.1) is 0 Å². The van der Waals surface area contributed by atoms with E-state index in [1.165, 1.54) is 38.5 Å². The molecule has 0 atom stereocenters. The maximum absolute atomic E-state index is 14.8. The fourth-order valence-electron chi connectivity index (χ4n) is 2.42. The standard InChI is InChI=1S/C17H34F/c1-4-7-10-13-16-17(18,14-11-8-5-2)15-12-9-6-3/h16H,4-15H2,1-3H3. The maximum Gasteiger partial charge on any atom is 0.114 e. The molecule has 18 heavy (non-hydrogen) atoms. The second-order valence-corrected chi connectivity index (χ2v) is 5.65. The molecule has 0 fully saturated rings. The van der Waals surface area contributed by atoms with Crippen LogP contribution in [0.15, 0.2) is 0 Å². The minimum absolute atomic E-state index is 0.747. The third-order valence-electron chi connectivity index (χ3n) is 3.71. The molecule has 0 heterocycles. The first-order valence-corrected chi connectivity index (χ1v) is 8.21. The van der Waals surface area contributed by atoms with Gasteiger partial charge in [0.1, 0.15) is 5.67 Å². The summed E-state index contributed by atoms with van der Waals surface area (Å²) in [4.78, 5) is 0. The summed E-state index contributed by atoms with van der Waals surface area (Å²) >= 11 is 0. The average molecular weight is 257 g/mol. The van der Waals surface area contributed by atoms with Crippen LogP contribution in [0.4, 0.5) is 4.39 Å². The lowest BCUT2D eigenvalue weighted by Gasteiger charge is -2.25. The normalized spacial score (nSPS) is 12.0. The van der Waals surface area contributed by atoms with Gasteiger partial charge in [-0.05, 0) is 25.7 Å². The van der Waals surface area contributed by atoms with Crippen molar-refractivity contribution in [2.24, 2.45) is 0 Å². The lowest BCUT2D eigenvalue weighted by molar-refractivity contribution is 0.161. The molecule has 1 heteroatoms. The van der Waals surface area contributed by atoms with Crippen molar-refractivity contribution in [3.05, 3.63) is 6.42 Å². The second-order valence-electron chi connectivity index (χ2n) is 5.65. The largest absolute Gasteiger partial charge is 0.244 e. The Balaban J connectivity index is 3.95. The van der Waals surface area contributed by atoms with E-state index in [9.17, 15) is 4.39 Å². The molecule has 0 aliphatic rings. The van der Waals surface area contributed by atoms with Crippen molar-refractivity contribution >= 4 is 0 Å². The zero-order valence-electron chi connectivity index (χ0n) is 12.9. The van der Waals surface area contributed by atoms with Crippen molar-refractivity contribution in [2.45, 2.75) is 103 Å². The van der Waals surface area contributed by atoms with Crippen molar-refractivity contribution < 1.29 is 4.39 Å². The molecule has 109 valence electrons. The van der Waals surface area contributed by atoms with E-state index in [1.54, 1.807) is 0 Å². The molecule has 0 aliphatic heterocycles. The first-order chi connectivity index (χ1) is 8.68. The third kappa shape index (κ3) is 9.91. The average Bonchev–Trinajstić information content (AvgIpc) is 2.36. The van der Waals surface area contributed by atoms with Crippen LogP contribution in [0.5, 0.6) is 0 Å². The van der Waals surface area contributed by atoms with Crippen molar-refractivity contribution in [1.29, 1.82) is 0 Å². The van der Waals surface area contributed by atoms with Crippen LogP contribution in [0.25, 0.3) is 0 Å². The summed E-state index contributed by atoms with van der Waals surface area (Å²) in [5.41, 5.74) is -0.974. The van der Waals surface area contributed by atoms with Crippen LogP contribution in [-0.2, 0) is 0 Å². The fraction of sp³-hybridized carbons (Fsp3) is 0.941. The van der Waals surface area contributed by atoms with E-state index in [1.807, 2.05) is 6.42 Å². The maximum atomic E-state index is 14.8. The van der Waals surface area contributed by atoms with Crippen molar-refractivity contribution in [3.63, 3.8) is 0 Å². The summed E-state index contributed by atoms with van der Waals surface area (Å²) in [6.45, 7) is 6.56. The minimum Gasteiger partial charge on any atom is -0.244 e. The molecule has 1 radical (unpaired) electrons. The molecule has 0 aromatic carbocycles. The highest BCUT2D eigenvalue weighted by atomic mass is 19.1. The highest BCUT2D eigenvalue weighted by Gasteiger charge is 2.27. The molecule has 0 aliphatic carbocycles. The van der Waals surface area contributed by atoms with E-state index in [2.05, 4.69) is 20.8 Å². The highest BCUT2D eigenvalue weighted by molar-refractivity contribution is 4.93. The summed E-state index contributed by atoms with van der Waals surface area (Å²) in [7, 11) is 0. The summed E-state index contributed by atoms with van der Waals surface area (Å²) in [6.07, 6.45) is 14.8. The molecule has 0 N–H and O–H groups in total. The van der Waals surface area contributed by atoms with Crippen LogP contribution in [0, 0.1) is 6.42 Å². The Labute approximate surface area is 115 Å². The number of unbranched alkanes of at least 4 members (excludes halogenated alkanes) is 7. The topological polar surface area (TPSA) is 0 Å². The first kappa shape index (κ1) is 17.9. The second kappa shape index (κ2) is 12.0. The summed E-state index contributed by atoms with van der Waals surface area (Å²) < 4.78 is 14.8. The predicted molar refractivity (Wildman–Crippen MR) is 80.6 cm³/mol.